The Morgan fingerprint density at radius 3 is 2.80 bits per heavy atom. The zero-order chi connectivity index (χ0) is 11.1. The van der Waals surface area contributed by atoms with Gasteiger partial charge in [-0.3, -0.25) is 0 Å². The summed E-state index contributed by atoms with van der Waals surface area (Å²) in [6, 6.07) is 6.21. The molecule has 0 spiro atoms. The first-order chi connectivity index (χ1) is 7.25. The molecule has 2 nitrogen and oxygen atoms in total. The molecule has 15 heavy (non-hydrogen) atoms. The molecule has 0 saturated carbocycles. The third kappa shape index (κ3) is 3.98. The summed E-state index contributed by atoms with van der Waals surface area (Å²) in [5, 5.41) is 9.64. The Labute approximate surface area is 89.7 Å². The third-order valence-corrected chi connectivity index (χ3v) is 2.18. The van der Waals surface area contributed by atoms with Crippen molar-refractivity contribution in [2.45, 2.75) is 25.9 Å². The Bertz CT molecular complexity index is 289. The number of hydrogen-bond acceptors (Lipinski definition) is 2. The topological polar surface area (TPSA) is 29.5 Å². The van der Waals surface area contributed by atoms with Gasteiger partial charge in [-0.05, 0) is 12.5 Å². The Morgan fingerprint density at radius 2 is 2.13 bits per heavy atom. The monoisotopic (exact) mass is 212 g/mol. The Hall–Kier alpha value is -0.930. The minimum Gasteiger partial charge on any atom is -0.386 e. The normalized spacial score (nSPS) is 12.7. The summed E-state index contributed by atoms with van der Waals surface area (Å²) in [6.45, 7) is 2.83. The van der Waals surface area contributed by atoms with Crippen molar-refractivity contribution in [1.82, 2.24) is 0 Å². The van der Waals surface area contributed by atoms with Crippen LogP contribution < -0.4 is 0 Å². The zero-order valence-electron chi connectivity index (χ0n) is 8.95. The van der Waals surface area contributed by atoms with E-state index in [4.69, 9.17) is 4.74 Å². The molecule has 0 amide bonds. The van der Waals surface area contributed by atoms with Crippen LogP contribution in [-0.4, -0.2) is 18.3 Å². The average Bonchev–Trinajstić information content (AvgIpc) is 2.25. The van der Waals surface area contributed by atoms with Gasteiger partial charge in [0.2, 0.25) is 0 Å². The fourth-order valence-corrected chi connectivity index (χ4v) is 1.28. The summed E-state index contributed by atoms with van der Waals surface area (Å²) in [4.78, 5) is 0. The lowest BCUT2D eigenvalue weighted by Crippen LogP contribution is -2.09. The summed E-state index contributed by atoms with van der Waals surface area (Å²) in [6.07, 6.45) is 1.14. The van der Waals surface area contributed by atoms with Crippen LogP contribution in [0.1, 0.15) is 31.4 Å². The average molecular weight is 212 g/mol. The van der Waals surface area contributed by atoms with Gasteiger partial charge in [0.15, 0.2) is 0 Å². The standard InChI is InChI=1S/C12H17FO2/c1-2-3-8-15-9-12(14)10-6-4-5-7-11(10)13/h4-7,12,14H,2-3,8-9H2,1H3. The number of aliphatic hydroxyl groups excluding tert-OH is 1. The minimum atomic E-state index is -0.872. The van der Waals surface area contributed by atoms with E-state index in [0.29, 0.717) is 12.2 Å². The molecule has 0 saturated heterocycles. The van der Waals surface area contributed by atoms with Crippen molar-refractivity contribution in [3.63, 3.8) is 0 Å². The lowest BCUT2D eigenvalue weighted by molar-refractivity contribution is 0.0332. The van der Waals surface area contributed by atoms with E-state index in [0.717, 1.165) is 12.8 Å². The maximum Gasteiger partial charge on any atom is 0.129 e. The molecular weight excluding hydrogens is 195 g/mol. The maximum atomic E-state index is 13.2. The van der Waals surface area contributed by atoms with E-state index in [-0.39, 0.29) is 12.4 Å². The van der Waals surface area contributed by atoms with Gasteiger partial charge in [0.25, 0.3) is 0 Å². The molecule has 3 heteroatoms. The smallest absolute Gasteiger partial charge is 0.129 e. The molecule has 1 N–H and O–H groups in total. The molecule has 1 rings (SSSR count). The third-order valence-electron chi connectivity index (χ3n) is 2.18. The molecule has 1 atom stereocenters. The highest BCUT2D eigenvalue weighted by Crippen LogP contribution is 2.16. The highest BCUT2D eigenvalue weighted by molar-refractivity contribution is 5.19. The fraction of sp³-hybridized carbons (Fsp3) is 0.500. The number of unbranched alkanes of at least 4 members (excludes halogenated alkanes) is 1. The van der Waals surface area contributed by atoms with E-state index >= 15 is 0 Å². The molecule has 1 unspecified atom stereocenters. The highest BCUT2D eigenvalue weighted by Gasteiger charge is 2.11. The van der Waals surface area contributed by atoms with Crippen LogP contribution in [-0.2, 0) is 4.74 Å². The quantitative estimate of drug-likeness (QED) is 0.734. The minimum absolute atomic E-state index is 0.154. The number of ether oxygens (including phenoxy) is 1. The van der Waals surface area contributed by atoms with Gasteiger partial charge in [0.1, 0.15) is 11.9 Å². The predicted octanol–water partition coefficient (Wildman–Crippen LogP) is 2.68. The first-order valence-electron chi connectivity index (χ1n) is 5.26. The van der Waals surface area contributed by atoms with Crippen LogP contribution in [0.25, 0.3) is 0 Å². The summed E-state index contributed by atoms with van der Waals surface area (Å²) >= 11 is 0. The molecule has 1 aromatic carbocycles. The van der Waals surface area contributed by atoms with E-state index in [2.05, 4.69) is 6.92 Å². The van der Waals surface area contributed by atoms with Crippen molar-refractivity contribution in [3.8, 4) is 0 Å². The number of aliphatic hydroxyl groups is 1. The van der Waals surface area contributed by atoms with Crippen molar-refractivity contribution in [2.24, 2.45) is 0 Å². The SMILES string of the molecule is CCCCOCC(O)c1ccccc1F. The van der Waals surface area contributed by atoms with E-state index in [1.807, 2.05) is 0 Å². The molecule has 0 aliphatic carbocycles. The van der Waals surface area contributed by atoms with Gasteiger partial charge in [0, 0.05) is 12.2 Å². The van der Waals surface area contributed by atoms with Gasteiger partial charge in [-0.15, -0.1) is 0 Å². The lowest BCUT2D eigenvalue weighted by Gasteiger charge is -2.12. The Balaban J connectivity index is 2.40. The van der Waals surface area contributed by atoms with Gasteiger partial charge in [-0.2, -0.15) is 0 Å². The largest absolute Gasteiger partial charge is 0.386 e. The molecule has 1 aromatic rings. The first kappa shape index (κ1) is 12.1. The second kappa shape index (κ2) is 6.53. The molecule has 0 heterocycles. The van der Waals surface area contributed by atoms with Crippen LogP contribution in [0.2, 0.25) is 0 Å². The summed E-state index contributed by atoms with van der Waals surface area (Å²) < 4.78 is 18.4. The van der Waals surface area contributed by atoms with E-state index in [9.17, 15) is 9.50 Å². The molecule has 0 fully saturated rings. The molecule has 0 aromatic heterocycles. The molecule has 0 aliphatic rings. The number of hydrogen-bond donors (Lipinski definition) is 1. The van der Waals surface area contributed by atoms with Crippen molar-refractivity contribution in [3.05, 3.63) is 35.6 Å². The van der Waals surface area contributed by atoms with Crippen LogP contribution in [0, 0.1) is 5.82 Å². The number of rotatable bonds is 6. The second-order valence-electron chi connectivity index (χ2n) is 3.47. The Morgan fingerprint density at radius 1 is 1.40 bits per heavy atom. The van der Waals surface area contributed by atoms with Crippen molar-refractivity contribution in [1.29, 1.82) is 0 Å². The van der Waals surface area contributed by atoms with Crippen molar-refractivity contribution < 1.29 is 14.2 Å². The van der Waals surface area contributed by atoms with Crippen molar-refractivity contribution >= 4 is 0 Å². The lowest BCUT2D eigenvalue weighted by atomic mass is 10.1. The highest BCUT2D eigenvalue weighted by atomic mass is 19.1. The molecule has 0 aliphatic heterocycles. The molecule has 0 radical (unpaired) electrons. The Kier molecular flexibility index (Phi) is 5.29. The van der Waals surface area contributed by atoms with E-state index in [1.54, 1.807) is 18.2 Å². The van der Waals surface area contributed by atoms with Crippen LogP contribution >= 0.6 is 0 Å². The fourth-order valence-electron chi connectivity index (χ4n) is 1.28. The first-order valence-corrected chi connectivity index (χ1v) is 5.26. The zero-order valence-corrected chi connectivity index (χ0v) is 8.95. The van der Waals surface area contributed by atoms with E-state index in [1.165, 1.54) is 6.07 Å². The van der Waals surface area contributed by atoms with Gasteiger partial charge in [-0.1, -0.05) is 31.5 Å². The van der Waals surface area contributed by atoms with Gasteiger partial charge < -0.3 is 9.84 Å². The second-order valence-corrected chi connectivity index (χ2v) is 3.47. The van der Waals surface area contributed by atoms with Crippen LogP contribution in [0.5, 0.6) is 0 Å². The van der Waals surface area contributed by atoms with Crippen LogP contribution in [0.15, 0.2) is 24.3 Å². The molecule has 84 valence electrons. The summed E-state index contributed by atoms with van der Waals surface area (Å²) in [7, 11) is 0. The van der Waals surface area contributed by atoms with Gasteiger partial charge in [-0.25, -0.2) is 4.39 Å². The molecule has 0 bridgehead atoms. The number of benzene rings is 1. The van der Waals surface area contributed by atoms with Crippen molar-refractivity contribution in [2.75, 3.05) is 13.2 Å². The van der Waals surface area contributed by atoms with Crippen LogP contribution in [0.3, 0.4) is 0 Å². The summed E-state index contributed by atoms with van der Waals surface area (Å²) in [5.74, 6) is -0.385. The maximum absolute atomic E-state index is 13.2. The molecular formula is C12H17FO2. The van der Waals surface area contributed by atoms with Gasteiger partial charge in [0.05, 0.1) is 6.61 Å². The predicted molar refractivity (Wildman–Crippen MR) is 57.1 cm³/mol. The van der Waals surface area contributed by atoms with Crippen LogP contribution in [0.4, 0.5) is 4.39 Å². The number of halogens is 1. The van der Waals surface area contributed by atoms with E-state index < -0.39 is 6.10 Å². The summed E-state index contributed by atoms with van der Waals surface area (Å²) in [5.41, 5.74) is 0.300. The van der Waals surface area contributed by atoms with Gasteiger partial charge >= 0.3 is 0 Å².